The van der Waals surface area contributed by atoms with Crippen molar-refractivity contribution in [2.45, 2.75) is 358 Å². The van der Waals surface area contributed by atoms with E-state index in [9.17, 15) is 38.4 Å². The molecule has 1 fully saturated rings. The number of amides is 8. The van der Waals surface area contributed by atoms with Gasteiger partial charge in [-0.2, -0.15) is 0 Å². The van der Waals surface area contributed by atoms with Crippen molar-refractivity contribution >= 4 is 47.3 Å². The standard InChI is InChI=1S/C72H140N12O8/c73-53-37-33-45-61-69(89)77-57-41-25-17-9-1-5-13-21-29-49-65(85)81-62(46-34-38-54-74)70(90)78-58-42-26-18-10-3-7-15-23-31-51-67(87)83-64(48-36-40-56-76)72(92)80-60-44-28-20-12-4-8-16-24-32-52-68(88)84-63(47-35-39-55-75)71(91)79-59-43-27-19-11-2-6-14-22-30-50-66(86)82-61/h61-64H,1-60,73-76H2,(H,77,89)(H,78,90)(H,79,91)(H,80,92)(H,81,85)(H,82,86)(H,83,87)(H,84,88). The summed E-state index contributed by atoms with van der Waals surface area (Å²) < 4.78 is 0. The van der Waals surface area contributed by atoms with Crippen molar-refractivity contribution in [1.82, 2.24) is 42.5 Å². The van der Waals surface area contributed by atoms with Crippen LogP contribution >= 0.6 is 0 Å². The minimum atomic E-state index is -0.545. The first-order chi connectivity index (χ1) is 44.9. The lowest BCUT2D eigenvalue weighted by Crippen LogP contribution is -2.47. The summed E-state index contributed by atoms with van der Waals surface area (Å²) in [5.74, 6) is -0.758. The molecule has 1 aliphatic heterocycles. The molecule has 0 bridgehead atoms. The van der Waals surface area contributed by atoms with Gasteiger partial charge in [0.15, 0.2) is 0 Å². The second-order valence-corrected chi connectivity index (χ2v) is 26.5. The Bertz CT molecular complexity index is 1590. The number of rotatable bonds is 16. The van der Waals surface area contributed by atoms with Crippen LogP contribution < -0.4 is 65.5 Å². The van der Waals surface area contributed by atoms with Crippen LogP contribution in [0.15, 0.2) is 0 Å². The first kappa shape index (κ1) is 85.6. The van der Waals surface area contributed by atoms with E-state index in [0.29, 0.717) is 104 Å². The predicted octanol–water partition coefficient (Wildman–Crippen LogP) is 10.5. The summed E-state index contributed by atoms with van der Waals surface area (Å²) in [6.07, 6.45) is 47.2. The Kier molecular flexibility index (Phi) is 59.5. The van der Waals surface area contributed by atoms with E-state index in [1.54, 1.807) is 0 Å². The van der Waals surface area contributed by atoms with Crippen molar-refractivity contribution in [3.8, 4) is 0 Å². The van der Waals surface area contributed by atoms with Gasteiger partial charge in [-0.25, -0.2) is 0 Å². The summed E-state index contributed by atoms with van der Waals surface area (Å²) in [7, 11) is 0. The van der Waals surface area contributed by atoms with Crippen LogP contribution in [-0.4, -0.2) is 124 Å². The first-order valence-corrected chi connectivity index (χ1v) is 38.0. The van der Waals surface area contributed by atoms with Gasteiger partial charge in [-0.3, -0.25) is 38.4 Å². The van der Waals surface area contributed by atoms with Crippen LogP contribution in [0.4, 0.5) is 0 Å². The molecule has 4 unspecified atom stereocenters. The molecular formula is C72H140N12O8. The van der Waals surface area contributed by atoms with E-state index in [4.69, 9.17) is 22.9 Å². The second kappa shape index (κ2) is 64.0. The van der Waals surface area contributed by atoms with E-state index in [-0.39, 0.29) is 47.3 Å². The Balaban J connectivity index is 2.68. The van der Waals surface area contributed by atoms with E-state index in [1.165, 1.54) is 0 Å². The fourth-order valence-corrected chi connectivity index (χ4v) is 12.0. The second-order valence-electron chi connectivity index (χ2n) is 26.5. The molecule has 0 aromatic carbocycles. The van der Waals surface area contributed by atoms with E-state index >= 15 is 0 Å². The molecule has 0 aromatic rings. The highest BCUT2D eigenvalue weighted by molar-refractivity contribution is 5.89. The van der Waals surface area contributed by atoms with Crippen molar-refractivity contribution in [3.05, 3.63) is 0 Å². The zero-order valence-electron chi connectivity index (χ0n) is 58.3. The number of carbonyl (C=O) groups excluding carboxylic acids is 8. The zero-order valence-corrected chi connectivity index (χ0v) is 58.3. The number of carbonyl (C=O) groups is 8. The predicted molar refractivity (Wildman–Crippen MR) is 376 cm³/mol. The molecule has 0 saturated carbocycles. The van der Waals surface area contributed by atoms with Crippen LogP contribution in [0.3, 0.4) is 0 Å². The molecule has 8 amide bonds. The number of nitrogens with one attached hydrogen (secondary N) is 8. The molecule has 0 aliphatic carbocycles. The third-order valence-corrected chi connectivity index (χ3v) is 17.9. The lowest BCUT2D eigenvalue weighted by Gasteiger charge is -2.18. The van der Waals surface area contributed by atoms with Crippen molar-refractivity contribution in [2.75, 3.05) is 52.4 Å². The zero-order chi connectivity index (χ0) is 67.0. The minimum absolute atomic E-state index is 0.0734. The van der Waals surface area contributed by atoms with Gasteiger partial charge in [0, 0.05) is 51.9 Å². The van der Waals surface area contributed by atoms with Crippen LogP contribution in [-0.2, 0) is 38.4 Å². The summed E-state index contributed by atoms with van der Waals surface area (Å²) in [4.78, 5) is 105. The van der Waals surface area contributed by atoms with E-state index in [0.717, 1.165) is 283 Å². The van der Waals surface area contributed by atoms with Crippen molar-refractivity contribution in [3.63, 3.8) is 0 Å². The highest BCUT2D eigenvalue weighted by Crippen LogP contribution is 2.17. The van der Waals surface area contributed by atoms with Crippen LogP contribution in [0.25, 0.3) is 0 Å². The molecule has 92 heavy (non-hydrogen) atoms. The van der Waals surface area contributed by atoms with Crippen molar-refractivity contribution in [1.29, 1.82) is 0 Å². The molecule has 536 valence electrons. The van der Waals surface area contributed by atoms with Gasteiger partial charge in [-0.05, 0) is 155 Å². The lowest BCUT2D eigenvalue weighted by atomic mass is 10.0. The van der Waals surface area contributed by atoms with E-state index in [1.807, 2.05) is 0 Å². The van der Waals surface area contributed by atoms with Gasteiger partial charge in [0.05, 0.1) is 0 Å². The summed E-state index contributed by atoms with van der Waals surface area (Å²) in [6.45, 7) is 4.56. The fourth-order valence-electron chi connectivity index (χ4n) is 12.0. The molecular weight excluding hydrogens is 1160 g/mol. The minimum Gasteiger partial charge on any atom is -0.354 e. The third kappa shape index (κ3) is 52.9. The Hall–Kier alpha value is -4.40. The molecule has 16 N–H and O–H groups in total. The van der Waals surface area contributed by atoms with Gasteiger partial charge in [-0.1, -0.05) is 180 Å². The molecule has 0 aromatic heterocycles. The fraction of sp³-hybridized carbons (Fsp3) is 0.889. The Morgan fingerprint density at radius 1 is 0.217 bits per heavy atom. The Morgan fingerprint density at radius 2 is 0.370 bits per heavy atom. The summed E-state index contributed by atoms with van der Waals surface area (Å²) in [6, 6.07) is -2.18. The average Bonchev–Trinajstić information content (AvgIpc) is 2.61. The van der Waals surface area contributed by atoms with Gasteiger partial charge in [0.1, 0.15) is 24.2 Å². The molecule has 0 radical (unpaired) electrons. The summed E-state index contributed by atoms with van der Waals surface area (Å²) in [5.41, 5.74) is 23.0. The monoisotopic (exact) mass is 1300 g/mol. The van der Waals surface area contributed by atoms with E-state index in [2.05, 4.69) is 42.5 Å². The number of unbranched alkanes of at least 4 members (excludes halogenated alkanes) is 4. The van der Waals surface area contributed by atoms with Gasteiger partial charge in [0.2, 0.25) is 47.3 Å². The van der Waals surface area contributed by atoms with E-state index < -0.39 is 24.2 Å². The molecule has 1 heterocycles. The first-order valence-electron chi connectivity index (χ1n) is 38.0. The normalized spacial score (nSPS) is 23.1. The highest BCUT2D eigenvalue weighted by atomic mass is 16.2. The quantitative estimate of drug-likeness (QED) is 0.0642. The van der Waals surface area contributed by atoms with Crippen LogP contribution in [0, 0.1) is 0 Å². The Morgan fingerprint density at radius 3 is 0.533 bits per heavy atom. The summed E-state index contributed by atoms with van der Waals surface area (Å²) in [5, 5.41) is 24.3. The molecule has 4 atom stereocenters. The topological polar surface area (TPSA) is 337 Å². The van der Waals surface area contributed by atoms with Gasteiger partial charge >= 0.3 is 0 Å². The lowest BCUT2D eigenvalue weighted by molar-refractivity contribution is -0.129. The molecule has 1 saturated heterocycles. The number of hydrogen-bond acceptors (Lipinski definition) is 12. The molecule has 20 nitrogen and oxygen atoms in total. The van der Waals surface area contributed by atoms with Crippen LogP contribution in [0.5, 0.6) is 0 Å². The third-order valence-electron chi connectivity index (χ3n) is 17.9. The highest BCUT2D eigenvalue weighted by Gasteiger charge is 2.24. The molecule has 20 heteroatoms. The maximum atomic E-state index is 13.2. The van der Waals surface area contributed by atoms with Gasteiger partial charge in [0.25, 0.3) is 0 Å². The average molecular weight is 1300 g/mol. The number of hydrogen-bond donors (Lipinski definition) is 12. The molecule has 1 rings (SSSR count). The maximum Gasteiger partial charge on any atom is 0.242 e. The van der Waals surface area contributed by atoms with Crippen molar-refractivity contribution in [2.24, 2.45) is 22.9 Å². The SMILES string of the molecule is NCCCCC1NC(=O)CCCCCCCCCCCNC(=O)C(CCCCN)NC(=O)CCCCCCCCCCCNC(=O)C(CCCCN)NC(=O)CCCCCCCCCCCNC(=O)C(CCCCN)NC(=O)CCCCCCCCCCCNC1=O. The molecule has 1 aliphatic rings. The smallest absolute Gasteiger partial charge is 0.242 e. The van der Waals surface area contributed by atoms with Gasteiger partial charge in [-0.15, -0.1) is 0 Å². The van der Waals surface area contributed by atoms with Crippen LogP contribution in [0.2, 0.25) is 0 Å². The molecule has 0 spiro atoms. The Labute approximate surface area is 559 Å². The largest absolute Gasteiger partial charge is 0.354 e. The van der Waals surface area contributed by atoms with Crippen LogP contribution in [0.1, 0.15) is 334 Å². The van der Waals surface area contributed by atoms with Gasteiger partial charge < -0.3 is 65.5 Å². The maximum absolute atomic E-state index is 13.2. The summed E-state index contributed by atoms with van der Waals surface area (Å²) >= 11 is 0. The van der Waals surface area contributed by atoms with Crippen molar-refractivity contribution < 1.29 is 38.4 Å². The number of nitrogens with two attached hydrogens (primary N) is 4.